The molecule has 0 saturated carbocycles. The highest BCUT2D eigenvalue weighted by molar-refractivity contribution is 5.92. The van der Waals surface area contributed by atoms with Gasteiger partial charge in [0.25, 0.3) is 0 Å². The predicted octanol–water partition coefficient (Wildman–Crippen LogP) is -1.48. The molecular weight excluding hydrogens is 282 g/mol. The van der Waals surface area contributed by atoms with Gasteiger partial charge in [-0.25, -0.2) is 4.79 Å². The average molecular weight is 303 g/mol. The van der Waals surface area contributed by atoms with E-state index in [2.05, 4.69) is 10.6 Å². The van der Waals surface area contributed by atoms with Gasteiger partial charge in [0.1, 0.15) is 12.1 Å². The van der Waals surface area contributed by atoms with Crippen LogP contribution < -0.4 is 16.4 Å². The molecule has 21 heavy (non-hydrogen) atoms. The number of hydrogen-bond acceptors (Lipinski definition) is 5. The van der Waals surface area contributed by atoms with Crippen molar-refractivity contribution < 1.29 is 29.4 Å². The molecule has 0 aromatic rings. The van der Waals surface area contributed by atoms with Gasteiger partial charge >= 0.3 is 11.9 Å². The van der Waals surface area contributed by atoms with Crippen molar-refractivity contribution in [1.29, 1.82) is 0 Å². The molecule has 0 saturated heterocycles. The van der Waals surface area contributed by atoms with Crippen molar-refractivity contribution in [2.24, 2.45) is 11.7 Å². The number of rotatable bonds is 8. The van der Waals surface area contributed by atoms with E-state index in [1.807, 2.05) is 0 Å². The molecule has 9 nitrogen and oxygen atoms in total. The third-order valence-corrected chi connectivity index (χ3v) is 2.71. The molecule has 0 spiro atoms. The number of nitrogens with two attached hydrogens (primary N) is 1. The minimum atomic E-state index is -1.28. The first kappa shape index (κ1) is 18.8. The zero-order chi connectivity index (χ0) is 16.7. The molecule has 0 aromatic carbocycles. The lowest BCUT2D eigenvalue weighted by molar-refractivity contribution is -0.143. The molecule has 3 atom stereocenters. The van der Waals surface area contributed by atoms with Gasteiger partial charge in [0.2, 0.25) is 11.8 Å². The maximum Gasteiger partial charge on any atom is 0.326 e. The van der Waals surface area contributed by atoms with E-state index < -0.39 is 48.3 Å². The normalized spacial score (nSPS) is 14.9. The molecule has 0 aliphatic rings. The molecule has 120 valence electrons. The first-order chi connectivity index (χ1) is 9.56. The van der Waals surface area contributed by atoms with Crippen LogP contribution in [0.4, 0.5) is 0 Å². The summed E-state index contributed by atoms with van der Waals surface area (Å²) in [6, 6.07) is -3.39. The quantitative estimate of drug-likeness (QED) is 0.365. The van der Waals surface area contributed by atoms with Crippen molar-refractivity contribution in [1.82, 2.24) is 10.6 Å². The lowest BCUT2D eigenvalue weighted by atomic mass is 10.0. The molecule has 0 bridgehead atoms. The summed E-state index contributed by atoms with van der Waals surface area (Å²) >= 11 is 0. The average Bonchev–Trinajstić information content (AvgIpc) is 2.33. The Kier molecular flexibility index (Phi) is 7.36. The highest BCUT2D eigenvalue weighted by Gasteiger charge is 2.27. The third kappa shape index (κ3) is 6.70. The zero-order valence-corrected chi connectivity index (χ0v) is 12.1. The van der Waals surface area contributed by atoms with Crippen LogP contribution in [0.15, 0.2) is 0 Å². The topological polar surface area (TPSA) is 159 Å². The number of carbonyl (C=O) groups excluding carboxylic acids is 2. The van der Waals surface area contributed by atoms with E-state index in [9.17, 15) is 19.2 Å². The number of nitrogens with one attached hydrogen (secondary N) is 2. The molecule has 0 heterocycles. The van der Waals surface area contributed by atoms with Crippen molar-refractivity contribution in [2.45, 2.75) is 45.3 Å². The molecule has 0 aromatic heterocycles. The second kappa shape index (κ2) is 8.20. The number of amides is 2. The molecule has 2 amide bonds. The van der Waals surface area contributed by atoms with Crippen LogP contribution in [0.2, 0.25) is 0 Å². The van der Waals surface area contributed by atoms with Crippen LogP contribution in [0.5, 0.6) is 0 Å². The Bertz CT molecular complexity index is 423. The van der Waals surface area contributed by atoms with Crippen LogP contribution >= 0.6 is 0 Å². The van der Waals surface area contributed by atoms with Crippen molar-refractivity contribution in [2.75, 3.05) is 0 Å². The summed E-state index contributed by atoms with van der Waals surface area (Å²) in [5.74, 6) is -4.23. The van der Waals surface area contributed by atoms with E-state index in [0.717, 1.165) is 0 Å². The lowest BCUT2D eigenvalue weighted by Gasteiger charge is -2.21. The van der Waals surface area contributed by atoms with Crippen LogP contribution in [-0.2, 0) is 19.2 Å². The fourth-order valence-electron chi connectivity index (χ4n) is 1.46. The molecule has 0 aliphatic heterocycles. The van der Waals surface area contributed by atoms with Crippen LogP contribution in [0, 0.1) is 5.92 Å². The Balaban J connectivity index is 4.54. The highest BCUT2D eigenvalue weighted by atomic mass is 16.4. The Morgan fingerprint density at radius 1 is 1.00 bits per heavy atom. The maximum absolute atomic E-state index is 11.8. The molecule has 0 rings (SSSR count). The standard InChI is InChI=1S/C12H21N3O6/c1-5(2)9(12(20)21)15-10(18)6(3)14-11(19)7(13)4-8(16)17/h5-7,9H,4,13H2,1-3H3,(H,14,19)(H,15,18)(H,16,17)(H,20,21)/t6-,7-,9-/m0/s1. The van der Waals surface area contributed by atoms with E-state index >= 15 is 0 Å². The molecular formula is C12H21N3O6. The summed E-state index contributed by atoms with van der Waals surface area (Å²) < 4.78 is 0. The Morgan fingerprint density at radius 3 is 1.90 bits per heavy atom. The van der Waals surface area contributed by atoms with E-state index in [1.54, 1.807) is 13.8 Å². The number of hydrogen-bond donors (Lipinski definition) is 5. The van der Waals surface area contributed by atoms with E-state index in [-0.39, 0.29) is 5.92 Å². The number of aliphatic carboxylic acids is 2. The Morgan fingerprint density at radius 2 is 1.52 bits per heavy atom. The third-order valence-electron chi connectivity index (χ3n) is 2.71. The summed E-state index contributed by atoms with van der Waals surface area (Å²) in [5.41, 5.74) is 5.35. The van der Waals surface area contributed by atoms with Crippen molar-refractivity contribution in [3.63, 3.8) is 0 Å². The minimum absolute atomic E-state index is 0.330. The van der Waals surface area contributed by atoms with Crippen molar-refractivity contribution >= 4 is 23.8 Å². The fourth-order valence-corrected chi connectivity index (χ4v) is 1.46. The Hall–Kier alpha value is -2.16. The maximum atomic E-state index is 11.8. The first-order valence-electron chi connectivity index (χ1n) is 6.37. The van der Waals surface area contributed by atoms with Gasteiger partial charge in [-0.3, -0.25) is 14.4 Å². The highest BCUT2D eigenvalue weighted by Crippen LogP contribution is 2.02. The van der Waals surface area contributed by atoms with Gasteiger partial charge in [-0.05, 0) is 12.8 Å². The van der Waals surface area contributed by atoms with Crippen LogP contribution in [0.1, 0.15) is 27.2 Å². The molecule has 0 aliphatic carbocycles. The van der Waals surface area contributed by atoms with Gasteiger partial charge in [-0.15, -0.1) is 0 Å². The van der Waals surface area contributed by atoms with Gasteiger partial charge in [0, 0.05) is 0 Å². The first-order valence-corrected chi connectivity index (χ1v) is 6.37. The SMILES string of the molecule is CC(C)[C@H](NC(=O)[C@H](C)NC(=O)[C@@H](N)CC(=O)O)C(=O)O. The molecule has 6 N–H and O–H groups in total. The van der Waals surface area contributed by atoms with Crippen molar-refractivity contribution in [3.8, 4) is 0 Å². The molecule has 0 fully saturated rings. The van der Waals surface area contributed by atoms with E-state index in [1.165, 1.54) is 6.92 Å². The summed E-state index contributed by atoms with van der Waals surface area (Å²) in [6.45, 7) is 4.61. The number of carbonyl (C=O) groups is 4. The van der Waals surface area contributed by atoms with Crippen LogP contribution in [0.3, 0.4) is 0 Å². The second-order valence-electron chi connectivity index (χ2n) is 5.00. The van der Waals surface area contributed by atoms with E-state index in [0.29, 0.717) is 0 Å². The summed E-state index contributed by atoms with van der Waals surface area (Å²) in [7, 11) is 0. The lowest BCUT2D eigenvalue weighted by Crippen LogP contribution is -2.54. The summed E-state index contributed by atoms with van der Waals surface area (Å²) in [6.07, 6.45) is -0.566. The van der Waals surface area contributed by atoms with E-state index in [4.69, 9.17) is 15.9 Å². The largest absolute Gasteiger partial charge is 0.481 e. The summed E-state index contributed by atoms with van der Waals surface area (Å²) in [5, 5.41) is 22.0. The molecule has 0 radical (unpaired) electrons. The number of carboxylic acid groups (broad SMARTS) is 2. The molecule has 0 unspecified atom stereocenters. The van der Waals surface area contributed by atoms with Gasteiger partial charge < -0.3 is 26.6 Å². The second-order valence-corrected chi connectivity index (χ2v) is 5.00. The van der Waals surface area contributed by atoms with Crippen LogP contribution in [0.25, 0.3) is 0 Å². The number of carboxylic acids is 2. The van der Waals surface area contributed by atoms with Crippen LogP contribution in [-0.4, -0.2) is 52.1 Å². The Labute approximate surface area is 121 Å². The minimum Gasteiger partial charge on any atom is -0.481 e. The van der Waals surface area contributed by atoms with Gasteiger partial charge in [-0.2, -0.15) is 0 Å². The fraction of sp³-hybridized carbons (Fsp3) is 0.667. The van der Waals surface area contributed by atoms with Gasteiger partial charge in [-0.1, -0.05) is 13.8 Å². The monoisotopic (exact) mass is 303 g/mol. The van der Waals surface area contributed by atoms with Gasteiger partial charge in [0.15, 0.2) is 0 Å². The van der Waals surface area contributed by atoms with Crippen molar-refractivity contribution in [3.05, 3.63) is 0 Å². The summed E-state index contributed by atoms with van der Waals surface area (Å²) in [4.78, 5) is 44.7. The van der Waals surface area contributed by atoms with Gasteiger partial charge in [0.05, 0.1) is 12.5 Å². The smallest absolute Gasteiger partial charge is 0.326 e. The molecule has 9 heteroatoms. The zero-order valence-electron chi connectivity index (χ0n) is 12.1. The predicted molar refractivity (Wildman–Crippen MR) is 72.2 cm³/mol.